The number of hydrogen-bond donors (Lipinski definition) is 1. The van der Waals surface area contributed by atoms with Crippen molar-refractivity contribution in [2.24, 2.45) is 0 Å². The number of aryl methyl sites for hydroxylation is 1. The summed E-state index contributed by atoms with van der Waals surface area (Å²) in [4.78, 5) is 11.0. The number of hydrogen-bond acceptors (Lipinski definition) is 2. The quantitative estimate of drug-likeness (QED) is 0.912. The summed E-state index contributed by atoms with van der Waals surface area (Å²) in [5.74, 6) is -1.22. The molecule has 1 aromatic heterocycles. The zero-order valence-electron chi connectivity index (χ0n) is 9.77. The van der Waals surface area contributed by atoms with Crippen LogP contribution in [0.25, 0.3) is 5.69 Å². The van der Waals surface area contributed by atoms with Gasteiger partial charge in [-0.05, 0) is 24.6 Å². The lowest BCUT2D eigenvalue weighted by atomic mass is 10.1. The van der Waals surface area contributed by atoms with Crippen LogP contribution in [0, 0.1) is 6.92 Å². The maximum atomic E-state index is 12.5. The topological polar surface area (TPSA) is 55.1 Å². The average molecular weight is 270 g/mol. The van der Waals surface area contributed by atoms with Gasteiger partial charge in [0.25, 0.3) is 0 Å². The second kappa shape index (κ2) is 4.42. The first kappa shape index (κ1) is 13.1. The van der Waals surface area contributed by atoms with Crippen LogP contribution < -0.4 is 0 Å². The van der Waals surface area contributed by atoms with E-state index < -0.39 is 17.7 Å². The largest absolute Gasteiger partial charge is 0.478 e. The lowest BCUT2D eigenvalue weighted by molar-refractivity contribution is -0.137. The summed E-state index contributed by atoms with van der Waals surface area (Å²) in [6, 6.07) is 4.37. The van der Waals surface area contributed by atoms with Crippen LogP contribution in [0.2, 0.25) is 0 Å². The highest BCUT2D eigenvalue weighted by atomic mass is 19.4. The molecule has 1 N–H and O–H groups in total. The number of carbonyl (C=O) groups is 1. The average Bonchev–Trinajstić information content (AvgIpc) is 2.77. The van der Waals surface area contributed by atoms with Gasteiger partial charge in [0, 0.05) is 6.20 Å². The SMILES string of the molecule is Cc1ccc(C(=O)O)c(-n2cc(C(F)(F)F)cn2)c1. The fourth-order valence-electron chi connectivity index (χ4n) is 1.61. The van der Waals surface area contributed by atoms with Gasteiger partial charge in [-0.15, -0.1) is 0 Å². The number of halogens is 3. The maximum absolute atomic E-state index is 12.5. The maximum Gasteiger partial charge on any atom is 0.419 e. The molecule has 0 unspecified atom stereocenters. The number of benzene rings is 1. The molecule has 0 saturated carbocycles. The standard InChI is InChI=1S/C12H9F3N2O2/c1-7-2-3-9(11(18)19)10(4-7)17-6-8(5-16-17)12(13,14)15/h2-6H,1H3,(H,18,19). The molecule has 2 rings (SSSR count). The molecule has 100 valence electrons. The van der Waals surface area contributed by atoms with Gasteiger partial charge in [-0.25, -0.2) is 9.48 Å². The van der Waals surface area contributed by atoms with Gasteiger partial charge in [0.2, 0.25) is 0 Å². The molecule has 19 heavy (non-hydrogen) atoms. The lowest BCUT2D eigenvalue weighted by Gasteiger charge is -2.07. The van der Waals surface area contributed by atoms with E-state index in [4.69, 9.17) is 5.11 Å². The van der Waals surface area contributed by atoms with Crippen LogP contribution in [-0.2, 0) is 6.18 Å². The van der Waals surface area contributed by atoms with Crippen molar-refractivity contribution >= 4 is 5.97 Å². The molecule has 2 aromatic rings. The fourth-order valence-corrected chi connectivity index (χ4v) is 1.61. The first-order valence-electron chi connectivity index (χ1n) is 5.25. The molecule has 0 atom stereocenters. The predicted molar refractivity (Wildman–Crippen MR) is 60.3 cm³/mol. The van der Waals surface area contributed by atoms with E-state index in [2.05, 4.69) is 5.10 Å². The third-order valence-electron chi connectivity index (χ3n) is 2.54. The Balaban J connectivity index is 2.55. The highest BCUT2D eigenvalue weighted by Gasteiger charge is 2.32. The van der Waals surface area contributed by atoms with Crippen molar-refractivity contribution in [2.75, 3.05) is 0 Å². The summed E-state index contributed by atoms with van der Waals surface area (Å²) >= 11 is 0. The number of aromatic nitrogens is 2. The van der Waals surface area contributed by atoms with Crippen molar-refractivity contribution in [3.05, 3.63) is 47.3 Å². The van der Waals surface area contributed by atoms with E-state index in [-0.39, 0.29) is 11.3 Å². The third kappa shape index (κ3) is 2.59. The Labute approximate surface area is 106 Å². The van der Waals surface area contributed by atoms with Crippen LogP contribution in [-0.4, -0.2) is 20.9 Å². The molecule has 0 radical (unpaired) electrons. The number of rotatable bonds is 2. The van der Waals surface area contributed by atoms with E-state index >= 15 is 0 Å². The van der Waals surface area contributed by atoms with Gasteiger partial charge < -0.3 is 5.11 Å². The molecule has 0 spiro atoms. The van der Waals surface area contributed by atoms with Crippen molar-refractivity contribution in [1.29, 1.82) is 0 Å². The second-order valence-corrected chi connectivity index (χ2v) is 4.00. The molecule has 0 amide bonds. The van der Waals surface area contributed by atoms with Gasteiger partial charge in [-0.1, -0.05) is 6.07 Å². The van der Waals surface area contributed by atoms with Crippen LogP contribution in [0.15, 0.2) is 30.6 Å². The van der Waals surface area contributed by atoms with E-state index in [9.17, 15) is 18.0 Å². The van der Waals surface area contributed by atoms with Gasteiger partial charge in [0.05, 0.1) is 23.0 Å². The van der Waals surface area contributed by atoms with Gasteiger partial charge in [0.1, 0.15) is 0 Å². The summed E-state index contributed by atoms with van der Waals surface area (Å²) in [6.07, 6.45) is -3.08. The van der Waals surface area contributed by atoms with E-state index in [0.29, 0.717) is 6.20 Å². The van der Waals surface area contributed by atoms with Gasteiger partial charge in [-0.2, -0.15) is 18.3 Å². The Bertz CT molecular complexity index is 632. The molecule has 0 fully saturated rings. The number of nitrogens with zero attached hydrogens (tertiary/aromatic N) is 2. The zero-order chi connectivity index (χ0) is 14.2. The van der Waals surface area contributed by atoms with Crippen molar-refractivity contribution in [2.45, 2.75) is 13.1 Å². The highest BCUT2D eigenvalue weighted by molar-refractivity contribution is 5.92. The monoisotopic (exact) mass is 270 g/mol. The molecule has 0 aliphatic carbocycles. The molecule has 4 nitrogen and oxygen atoms in total. The van der Waals surface area contributed by atoms with E-state index in [0.717, 1.165) is 16.4 Å². The minimum atomic E-state index is -4.51. The molecule has 7 heteroatoms. The van der Waals surface area contributed by atoms with Gasteiger partial charge >= 0.3 is 12.1 Å². The lowest BCUT2D eigenvalue weighted by Crippen LogP contribution is -2.07. The number of aromatic carboxylic acids is 1. The first-order chi connectivity index (χ1) is 8.79. The fraction of sp³-hybridized carbons (Fsp3) is 0.167. The Hall–Kier alpha value is -2.31. The van der Waals surface area contributed by atoms with E-state index in [1.807, 2.05) is 0 Å². The van der Waals surface area contributed by atoms with Crippen LogP contribution in [0.5, 0.6) is 0 Å². The van der Waals surface area contributed by atoms with Crippen LogP contribution >= 0.6 is 0 Å². The number of carboxylic acids is 1. The van der Waals surface area contributed by atoms with Crippen molar-refractivity contribution in [3.8, 4) is 5.69 Å². The van der Waals surface area contributed by atoms with E-state index in [1.165, 1.54) is 12.1 Å². The Morgan fingerprint density at radius 1 is 1.37 bits per heavy atom. The molecule has 0 aliphatic rings. The molecular formula is C12H9F3N2O2. The Morgan fingerprint density at radius 3 is 2.58 bits per heavy atom. The van der Waals surface area contributed by atoms with Crippen LogP contribution in [0.4, 0.5) is 13.2 Å². The smallest absolute Gasteiger partial charge is 0.419 e. The van der Waals surface area contributed by atoms with Crippen LogP contribution in [0.1, 0.15) is 21.5 Å². The molecule has 0 aliphatic heterocycles. The number of carboxylic acid groups (broad SMARTS) is 1. The van der Waals surface area contributed by atoms with Crippen molar-refractivity contribution in [1.82, 2.24) is 9.78 Å². The summed E-state index contributed by atoms with van der Waals surface area (Å²) in [5.41, 5.74) is -0.208. The van der Waals surface area contributed by atoms with Crippen LogP contribution in [0.3, 0.4) is 0 Å². The Morgan fingerprint density at radius 2 is 2.05 bits per heavy atom. The zero-order valence-corrected chi connectivity index (χ0v) is 9.77. The van der Waals surface area contributed by atoms with Crippen molar-refractivity contribution in [3.63, 3.8) is 0 Å². The molecule has 0 saturated heterocycles. The summed E-state index contributed by atoms with van der Waals surface area (Å²) < 4.78 is 38.4. The molecular weight excluding hydrogens is 261 g/mol. The summed E-state index contributed by atoms with van der Waals surface area (Å²) in [5, 5.41) is 12.6. The first-order valence-corrected chi connectivity index (χ1v) is 5.25. The molecule has 1 aromatic carbocycles. The summed E-state index contributed by atoms with van der Waals surface area (Å²) in [6.45, 7) is 1.71. The Kier molecular flexibility index (Phi) is 3.05. The normalized spacial score (nSPS) is 11.6. The molecule has 0 bridgehead atoms. The van der Waals surface area contributed by atoms with Gasteiger partial charge in [0.15, 0.2) is 0 Å². The third-order valence-corrected chi connectivity index (χ3v) is 2.54. The highest BCUT2D eigenvalue weighted by Crippen LogP contribution is 2.29. The summed E-state index contributed by atoms with van der Waals surface area (Å²) in [7, 11) is 0. The van der Waals surface area contributed by atoms with Gasteiger partial charge in [-0.3, -0.25) is 0 Å². The van der Waals surface area contributed by atoms with E-state index in [1.54, 1.807) is 13.0 Å². The predicted octanol–water partition coefficient (Wildman–Crippen LogP) is 2.90. The molecule has 1 heterocycles. The minimum Gasteiger partial charge on any atom is -0.478 e. The van der Waals surface area contributed by atoms with Crippen molar-refractivity contribution < 1.29 is 23.1 Å². The second-order valence-electron chi connectivity index (χ2n) is 4.00. The minimum absolute atomic E-state index is 0.100. The number of alkyl halides is 3.